The van der Waals surface area contributed by atoms with Crippen LogP contribution in [0.4, 0.5) is 0 Å². The van der Waals surface area contributed by atoms with E-state index in [1.807, 2.05) is 0 Å². The van der Waals surface area contributed by atoms with E-state index in [0.29, 0.717) is 6.10 Å². The number of ether oxygens (including phenoxy) is 1. The predicted molar refractivity (Wildman–Crippen MR) is 64.2 cm³/mol. The fourth-order valence-corrected chi connectivity index (χ4v) is 1.83. The molecule has 1 rings (SSSR count). The van der Waals surface area contributed by atoms with Crippen LogP contribution in [-0.2, 0) is 4.74 Å². The molecule has 90 valence electrons. The van der Waals surface area contributed by atoms with E-state index >= 15 is 0 Å². The first-order chi connectivity index (χ1) is 6.97. The summed E-state index contributed by atoms with van der Waals surface area (Å²) in [5.74, 6) is 0. The van der Waals surface area contributed by atoms with E-state index in [9.17, 15) is 0 Å². The number of hydrogen-bond donors (Lipinski definition) is 1. The molecule has 0 aliphatic carbocycles. The Labute approximate surface area is 94.2 Å². The van der Waals surface area contributed by atoms with Crippen LogP contribution in [0.2, 0.25) is 0 Å². The molecule has 0 radical (unpaired) electrons. The molecule has 1 saturated heterocycles. The number of morpholine rings is 1. The minimum absolute atomic E-state index is 0.240. The van der Waals surface area contributed by atoms with Gasteiger partial charge in [-0.2, -0.15) is 0 Å². The molecule has 1 fully saturated rings. The highest BCUT2D eigenvalue weighted by Gasteiger charge is 2.17. The minimum Gasteiger partial charge on any atom is -0.376 e. The zero-order valence-electron chi connectivity index (χ0n) is 10.7. The first-order valence-electron chi connectivity index (χ1n) is 6.02. The summed E-state index contributed by atoms with van der Waals surface area (Å²) in [7, 11) is 2.17. The van der Waals surface area contributed by atoms with Crippen LogP contribution in [0.1, 0.15) is 33.6 Å². The van der Waals surface area contributed by atoms with Crippen LogP contribution in [0.5, 0.6) is 0 Å². The highest BCUT2D eigenvalue weighted by Crippen LogP contribution is 2.09. The van der Waals surface area contributed by atoms with Gasteiger partial charge in [0.2, 0.25) is 0 Å². The molecule has 0 amide bonds. The summed E-state index contributed by atoms with van der Waals surface area (Å²) in [6.45, 7) is 10.8. The quantitative estimate of drug-likeness (QED) is 0.718. The lowest BCUT2D eigenvalue weighted by Crippen LogP contribution is -2.41. The lowest BCUT2D eigenvalue weighted by atomic mass is 10.1. The fraction of sp³-hybridized carbons (Fsp3) is 1.00. The monoisotopic (exact) mass is 214 g/mol. The highest BCUT2D eigenvalue weighted by molar-refractivity contribution is 4.72. The molecule has 0 aromatic rings. The Morgan fingerprint density at radius 3 is 2.73 bits per heavy atom. The van der Waals surface area contributed by atoms with E-state index in [-0.39, 0.29) is 5.54 Å². The van der Waals surface area contributed by atoms with Gasteiger partial charge in [-0.1, -0.05) is 0 Å². The molecule has 1 aliphatic rings. The maximum Gasteiger partial charge on any atom is 0.0703 e. The van der Waals surface area contributed by atoms with Crippen molar-refractivity contribution in [1.29, 1.82) is 0 Å². The van der Waals surface area contributed by atoms with E-state index in [1.54, 1.807) is 0 Å². The summed E-state index contributed by atoms with van der Waals surface area (Å²) in [6, 6.07) is 0. The number of likely N-dealkylation sites (N-methyl/N-ethyl adjacent to an activating group) is 1. The van der Waals surface area contributed by atoms with Crippen LogP contribution in [0.15, 0.2) is 0 Å². The van der Waals surface area contributed by atoms with Crippen LogP contribution < -0.4 is 5.32 Å². The molecule has 0 spiro atoms. The Kier molecular flexibility index (Phi) is 5.03. The van der Waals surface area contributed by atoms with Crippen LogP contribution in [0.3, 0.4) is 0 Å². The fourth-order valence-electron chi connectivity index (χ4n) is 1.83. The van der Waals surface area contributed by atoms with Crippen molar-refractivity contribution in [2.45, 2.75) is 45.3 Å². The molecule has 1 atom stereocenters. The van der Waals surface area contributed by atoms with Crippen LogP contribution in [0.25, 0.3) is 0 Å². The predicted octanol–water partition coefficient (Wildman–Crippen LogP) is 1.49. The second kappa shape index (κ2) is 5.83. The standard InChI is InChI=1S/C12H26N2O/c1-12(2,3)13-7-5-6-11-10-14(4)8-9-15-11/h11,13H,5-10H2,1-4H3. The van der Waals surface area contributed by atoms with Gasteiger partial charge in [-0.3, -0.25) is 0 Å². The van der Waals surface area contributed by atoms with Gasteiger partial charge in [-0.15, -0.1) is 0 Å². The Morgan fingerprint density at radius 1 is 1.40 bits per heavy atom. The molecule has 1 unspecified atom stereocenters. The summed E-state index contributed by atoms with van der Waals surface area (Å²) in [5, 5.41) is 3.50. The topological polar surface area (TPSA) is 24.5 Å². The normalized spacial score (nSPS) is 24.4. The zero-order chi connectivity index (χ0) is 11.3. The van der Waals surface area contributed by atoms with E-state index in [4.69, 9.17) is 4.74 Å². The maximum absolute atomic E-state index is 5.71. The highest BCUT2D eigenvalue weighted by atomic mass is 16.5. The summed E-state index contributed by atoms with van der Waals surface area (Å²) >= 11 is 0. The molecule has 1 heterocycles. The van der Waals surface area contributed by atoms with E-state index in [2.05, 4.69) is 38.0 Å². The summed E-state index contributed by atoms with van der Waals surface area (Å²) in [6.07, 6.45) is 2.83. The van der Waals surface area contributed by atoms with Gasteiger partial charge >= 0.3 is 0 Å². The zero-order valence-corrected chi connectivity index (χ0v) is 10.7. The summed E-state index contributed by atoms with van der Waals surface area (Å²) < 4.78 is 5.71. The lowest BCUT2D eigenvalue weighted by Gasteiger charge is -2.30. The smallest absolute Gasteiger partial charge is 0.0703 e. The Balaban J connectivity index is 2.04. The third-order valence-electron chi connectivity index (χ3n) is 2.70. The number of rotatable bonds is 4. The molecule has 0 saturated carbocycles. The van der Waals surface area contributed by atoms with Gasteiger partial charge in [-0.25, -0.2) is 0 Å². The number of nitrogens with one attached hydrogen (secondary N) is 1. The molecule has 1 N–H and O–H groups in total. The van der Waals surface area contributed by atoms with E-state index in [0.717, 1.165) is 26.2 Å². The Morgan fingerprint density at radius 2 is 2.13 bits per heavy atom. The molecule has 0 aromatic heterocycles. The van der Waals surface area contributed by atoms with Gasteiger partial charge in [0.05, 0.1) is 12.7 Å². The van der Waals surface area contributed by atoms with Crippen LogP contribution in [0, 0.1) is 0 Å². The first-order valence-corrected chi connectivity index (χ1v) is 6.02. The van der Waals surface area contributed by atoms with Gasteiger partial charge in [-0.05, 0) is 47.2 Å². The van der Waals surface area contributed by atoms with Crippen LogP contribution in [-0.4, -0.2) is 49.8 Å². The van der Waals surface area contributed by atoms with Crippen molar-refractivity contribution >= 4 is 0 Å². The van der Waals surface area contributed by atoms with Crippen molar-refractivity contribution in [3.8, 4) is 0 Å². The van der Waals surface area contributed by atoms with Gasteiger partial charge in [0.1, 0.15) is 0 Å². The van der Waals surface area contributed by atoms with Gasteiger partial charge in [0.25, 0.3) is 0 Å². The SMILES string of the molecule is CN1CCOC(CCCNC(C)(C)C)C1. The van der Waals surface area contributed by atoms with Crippen molar-refractivity contribution in [3.05, 3.63) is 0 Å². The summed E-state index contributed by atoms with van der Waals surface area (Å²) in [5.41, 5.74) is 0.240. The van der Waals surface area contributed by atoms with Crippen molar-refractivity contribution in [2.75, 3.05) is 33.3 Å². The average molecular weight is 214 g/mol. The minimum atomic E-state index is 0.240. The molecule has 1 aliphatic heterocycles. The van der Waals surface area contributed by atoms with Crippen molar-refractivity contribution in [3.63, 3.8) is 0 Å². The third-order valence-corrected chi connectivity index (χ3v) is 2.70. The molecule has 0 bridgehead atoms. The third kappa shape index (κ3) is 6.13. The average Bonchev–Trinajstić information content (AvgIpc) is 2.11. The first kappa shape index (κ1) is 12.9. The number of hydrogen-bond acceptors (Lipinski definition) is 3. The molecule has 0 aromatic carbocycles. The van der Waals surface area contributed by atoms with Crippen molar-refractivity contribution < 1.29 is 4.74 Å². The van der Waals surface area contributed by atoms with Gasteiger partial charge < -0.3 is 15.0 Å². The van der Waals surface area contributed by atoms with E-state index < -0.39 is 0 Å². The molecular formula is C12H26N2O. The molecule has 3 nitrogen and oxygen atoms in total. The Bertz CT molecular complexity index is 177. The van der Waals surface area contributed by atoms with Gasteiger partial charge in [0.15, 0.2) is 0 Å². The molecule has 3 heteroatoms. The largest absolute Gasteiger partial charge is 0.376 e. The van der Waals surface area contributed by atoms with Crippen molar-refractivity contribution in [2.24, 2.45) is 0 Å². The summed E-state index contributed by atoms with van der Waals surface area (Å²) in [4.78, 5) is 2.35. The molecule has 15 heavy (non-hydrogen) atoms. The van der Waals surface area contributed by atoms with Crippen molar-refractivity contribution in [1.82, 2.24) is 10.2 Å². The Hall–Kier alpha value is -0.120. The molecular weight excluding hydrogens is 188 g/mol. The van der Waals surface area contributed by atoms with Gasteiger partial charge in [0, 0.05) is 18.6 Å². The van der Waals surface area contributed by atoms with Crippen LogP contribution >= 0.6 is 0 Å². The number of nitrogens with zero attached hydrogens (tertiary/aromatic N) is 1. The lowest BCUT2D eigenvalue weighted by molar-refractivity contribution is -0.0240. The maximum atomic E-state index is 5.71. The van der Waals surface area contributed by atoms with E-state index in [1.165, 1.54) is 12.8 Å². The second-order valence-electron chi connectivity index (χ2n) is 5.57. The second-order valence-corrected chi connectivity index (χ2v) is 5.57.